The molecule has 1 aliphatic rings. The van der Waals surface area contributed by atoms with Gasteiger partial charge in [-0.05, 0) is 31.0 Å². The molecule has 2 aromatic heterocycles. The summed E-state index contributed by atoms with van der Waals surface area (Å²) in [4.78, 5) is 9.17. The summed E-state index contributed by atoms with van der Waals surface area (Å²) in [5.41, 5.74) is 4.90. The Morgan fingerprint density at radius 3 is 2.95 bits per heavy atom. The number of aromatic nitrogens is 4. The summed E-state index contributed by atoms with van der Waals surface area (Å²) in [7, 11) is 0. The van der Waals surface area contributed by atoms with E-state index in [1.165, 1.54) is 12.8 Å². The van der Waals surface area contributed by atoms with Gasteiger partial charge in [-0.15, -0.1) is 0 Å². The Hall–Kier alpha value is -1.75. The number of H-pyrrole nitrogens is 1. The minimum absolute atomic E-state index is 0.598. The van der Waals surface area contributed by atoms with Gasteiger partial charge in [0.25, 0.3) is 0 Å². The van der Waals surface area contributed by atoms with Crippen LogP contribution in [0, 0.1) is 0 Å². The number of halogens is 1. The maximum Gasteiger partial charge on any atom is 0.0927 e. The van der Waals surface area contributed by atoms with Crippen LogP contribution in [-0.2, 0) is 0 Å². The van der Waals surface area contributed by atoms with Crippen molar-refractivity contribution in [1.29, 1.82) is 0 Å². The van der Waals surface area contributed by atoms with Crippen molar-refractivity contribution in [3.63, 3.8) is 0 Å². The fraction of sp³-hybridized carbons (Fsp3) is 0.214. The molecule has 0 unspecified atom stereocenters. The third-order valence-corrected chi connectivity index (χ3v) is 3.91. The van der Waals surface area contributed by atoms with Crippen LogP contribution >= 0.6 is 15.9 Å². The Bertz CT molecular complexity index is 761. The molecule has 0 atom stereocenters. The molecule has 1 aromatic carbocycles. The summed E-state index contributed by atoms with van der Waals surface area (Å²) in [5, 5.41) is 7.30. The van der Waals surface area contributed by atoms with E-state index >= 15 is 0 Å². The van der Waals surface area contributed by atoms with E-state index in [9.17, 15) is 0 Å². The molecule has 5 heteroatoms. The highest BCUT2D eigenvalue weighted by Gasteiger charge is 2.29. The van der Waals surface area contributed by atoms with Gasteiger partial charge in [0, 0.05) is 22.2 Å². The van der Waals surface area contributed by atoms with Gasteiger partial charge in [-0.3, -0.25) is 10.1 Å². The lowest BCUT2D eigenvalue weighted by Crippen LogP contribution is -1.91. The third-order valence-electron chi connectivity index (χ3n) is 3.41. The largest absolute Gasteiger partial charge is 0.285 e. The number of nitrogens with one attached hydrogen (secondary N) is 1. The average Bonchev–Trinajstić information content (AvgIpc) is 3.15. The summed E-state index contributed by atoms with van der Waals surface area (Å²) < 4.78 is 1.01. The molecule has 0 radical (unpaired) electrons. The molecule has 1 fully saturated rings. The fourth-order valence-electron chi connectivity index (χ4n) is 2.29. The highest BCUT2D eigenvalue weighted by atomic mass is 79.9. The molecule has 0 spiro atoms. The first-order chi connectivity index (χ1) is 9.31. The van der Waals surface area contributed by atoms with Crippen LogP contribution in [0.4, 0.5) is 0 Å². The summed E-state index contributed by atoms with van der Waals surface area (Å²) in [6.07, 6.45) is 6.20. The number of rotatable bonds is 2. The standard InChI is InChI=1S/C14H11BrN4/c15-9-3-4-11-12(5-9)18-13(7-16-11)10-6-17-19-14(10)8-1-2-8/h3-8H,1-2H2,(H,17,19). The Labute approximate surface area is 118 Å². The van der Waals surface area contributed by atoms with E-state index < -0.39 is 0 Å². The van der Waals surface area contributed by atoms with Crippen molar-refractivity contribution in [1.82, 2.24) is 20.2 Å². The number of hydrogen-bond donors (Lipinski definition) is 1. The smallest absolute Gasteiger partial charge is 0.0927 e. The van der Waals surface area contributed by atoms with Crippen LogP contribution in [-0.4, -0.2) is 20.2 Å². The lowest BCUT2D eigenvalue weighted by atomic mass is 10.1. The van der Waals surface area contributed by atoms with Crippen molar-refractivity contribution in [2.45, 2.75) is 18.8 Å². The van der Waals surface area contributed by atoms with Gasteiger partial charge in [-0.1, -0.05) is 15.9 Å². The van der Waals surface area contributed by atoms with Gasteiger partial charge >= 0.3 is 0 Å². The summed E-state index contributed by atoms with van der Waals surface area (Å²) >= 11 is 3.47. The van der Waals surface area contributed by atoms with E-state index in [-0.39, 0.29) is 0 Å². The Balaban J connectivity index is 1.88. The van der Waals surface area contributed by atoms with Crippen molar-refractivity contribution in [3.05, 3.63) is 40.8 Å². The molecule has 0 aliphatic heterocycles. The maximum atomic E-state index is 4.70. The summed E-state index contributed by atoms with van der Waals surface area (Å²) in [5.74, 6) is 0.598. The summed E-state index contributed by atoms with van der Waals surface area (Å²) in [6, 6.07) is 5.93. The molecule has 2 heterocycles. The molecule has 19 heavy (non-hydrogen) atoms. The zero-order valence-corrected chi connectivity index (χ0v) is 11.7. The van der Waals surface area contributed by atoms with E-state index in [1.54, 1.807) is 0 Å². The van der Waals surface area contributed by atoms with Crippen molar-refractivity contribution in [3.8, 4) is 11.3 Å². The van der Waals surface area contributed by atoms with Crippen LogP contribution < -0.4 is 0 Å². The summed E-state index contributed by atoms with van der Waals surface area (Å²) in [6.45, 7) is 0. The Morgan fingerprint density at radius 1 is 1.21 bits per heavy atom. The number of hydrogen-bond acceptors (Lipinski definition) is 3. The van der Waals surface area contributed by atoms with Crippen LogP contribution in [0.15, 0.2) is 35.1 Å². The molecule has 1 aliphatic carbocycles. The monoisotopic (exact) mass is 314 g/mol. The lowest BCUT2D eigenvalue weighted by Gasteiger charge is -2.03. The van der Waals surface area contributed by atoms with Crippen LogP contribution in [0.25, 0.3) is 22.3 Å². The van der Waals surface area contributed by atoms with Gasteiger partial charge in [-0.25, -0.2) is 4.98 Å². The van der Waals surface area contributed by atoms with E-state index in [2.05, 4.69) is 31.1 Å². The first kappa shape index (κ1) is 11.1. The van der Waals surface area contributed by atoms with E-state index in [1.807, 2.05) is 30.6 Å². The predicted octanol–water partition coefficient (Wildman–Crippen LogP) is 3.66. The molecule has 4 rings (SSSR count). The van der Waals surface area contributed by atoms with Gasteiger partial charge in [0.2, 0.25) is 0 Å². The first-order valence-corrected chi connectivity index (χ1v) is 7.07. The van der Waals surface area contributed by atoms with Crippen molar-refractivity contribution >= 4 is 27.0 Å². The minimum atomic E-state index is 0.598. The van der Waals surface area contributed by atoms with Gasteiger partial charge in [0.1, 0.15) is 0 Å². The molecular weight excluding hydrogens is 304 g/mol. The zero-order chi connectivity index (χ0) is 12.8. The zero-order valence-electron chi connectivity index (χ0n) is 10.1. The lowest BCUT2D eigenvalue weighted by molar-refractivity contribution is 0.965. The average molecular weight is 315 g/mol. The topological polar surface area (TPSA) is 54.5 Å². The van der Waals surface area contributed by atoms with Gasteiger partial charge in [0.15, 0.2) is 0 Å². The van der Waals surface area contributed by atoms with Gasteiger partial charge < -0.3 is 0 Å². The Kier molecular flexibility index (Phi) is 2.41. The quantitative estimate of drug-likeness (QED) is 0.785. The molecule has 1 saturated carbocycles. The first-order valence-electron chi connectivity index (χ1n) is 6.27. The van der Waals surface area contributed by atoms with E-state index in [0.29, 0.717) is 5.92 Å². The number of benzene rings is 1. The van der Waals surface area contributed by atoms with Crippen LogP contribution in [0.1, 0.15) is 24.5 Å². The second kappa shape index (κ2) is 4.13. The van der Waals surface area contributed by atoms with Crippen LogP contribution in [0.5, 0.6) is 0 Å². The van der Waals surface area contributed by atoms with E-state index in [4.69, 9.17) is 4.98 Å². The molecule has 0 saturated heterocycles. The maximum absolute atomic E-state index is 4.70. The number of aromatic amines is 1. The van der Waals surface area contributed by atoms with Crippen molar-refractivity contribution < 1.29 is 0 Å². The van der Waals surface area contributed by atoms with Crippen molar-refractivity contribution in [2.75, 3.05) is 0 Å². The third kappa shape index (κ3) is 1.94. The second-order valence-electron chi connectivity index (χ2n) is 4.85. The number of nitrogens with zero attached hydrogens (tertiary/aromatic N) is 3. The van der Waals surface area contributed by atoms with Crippen LogP contribution in [0.2, 0.25) is 0 Å². The van der Waals surface area contributed by atoms with Gasteiger partial charge in [0.05, 0.1) is 28.6 Å². The molecular formula is C14H11BrN4. The van der Waals surface area contributed by atoms with Gasteiger partial charge in [-0.2, -0.15) is 5.10 Å². The van der Waals surface area contributed by atoms with Crippen LogP contribution in [0.3, 0.4) is 0 Å². The highest BCUT2D eigenvalue weighted by Crippen LogP contribution is 2.42. The molecule has 0 bridgehead atoms. The second-order valence-corrected chi connectivity index (χ2v) is 5.76. The predicted molar refractivity (Wildman–Crippen MR) is 76.8 cm³/mol. The molecule has 1 N–H and O–H groups in total. The van der Waals surface area contributed by atoms with Crippen molar-refractivity contribution in [2.24, 2.45) is 0 Å². The minimum Gasteiger partial charge on any atom is -0.285 e. The highest BCUT2D eigenvalue weighted by molar-refractivity contribution is 9.10. The molecule has 0 amide bonds. The SMILES string of the molecule is Brc1ccc2ncc(-c3c[nH]nc3C3CC3)nc2c1. The van der Waals surface area contributed by atoms with E-state index in [0.717, 1.165) is 32.5 Å². The molecule has 4 nitrogen and oxygen atoms in total. The molecule has 3 aromatic rings. The Morgan fingerprint density at radius 2 is 2.11 bits per heavy atom. The molecule has 94 valence electrons. The normalized spacial score (nSPS) is 15.0. The number of fused-ring (bicyclic) bond motifs is 1. The fourth-order valence-corrected chi connectivity index (χ4v) is 2.64.